The maximum atomic E-state index is 11.8. The number of hydrogen-bond donors (Lipinski definition) is 0. The number of methoxy groups -OCH3 is 2. The van der Waals surface area contributed by atoms with E-state index < -0.39 is 11.9 Å². The van der Waals surface area contributed by atoms with E-state index in [4.69, 9.17) is 9.47 Å². The third-order valence-corrected chi connectivity index (χ3v) is 4.32. The van der Waals surface area contributed by atoms with Crippen molar-refractivity contribution in [3.63, 3.8) is 0 Å². The zero-order valence-corrected chi connectivity index (χ0v) is 14.0. The maximum Gasteiger partial charge on any atom is 0.317 e. The number of benzene rings is 1. The Kier molecular flexibility index (Phi) is 5.44. The van der Waals surface area contributed by atoms with Gasteiger partial charge in [0.2, 0.25) is 0 Å². The summed E-state index contributed by atoms with van der Waals surface area (Å²) < 4.78 is 9.98. The van der Waals surface area contributed by atoms with Gasteiger partial charge in [-0.05, 0) is 34.9 Å². The minimum atomic E-state index is -0.649. The van der Waals surface area contributed by atoms with E-state index in [1.54, 1.807) is 7.11 Å². The Morgan fingerprint density at radius 3 is 2.83 bits per heavy atom. The first kappa shape index (κ1) is 17.5. The standard InChI is InChI=1S/C17H19NO4.ClH/c1-21-13-4-3-11-7-12(14(11)8-13)9-18-6-5-16(19)15(10-18)17(20)22-2;/h3-4,7-8,15H,5-6,9-10H2,1-2H3;1H. The lowest BCUT2D eigenvalue weighted by molar-refractivity contribution is -0.151. The molecular weight excluding hydrogens is 318 g/mol. The van der Waals surface area contributed by atoms with E-state index in [0.717, 1.165) is 12.3 Å². The topological polar surface area (TPSA) is 55.8 Å². The van der Waals surface area contributed by atoms with Gasteiger partial charge >= 0.3 is 5.97 Å². The minimum Gasteiger partial charge on any atom is -0.497 e. The van der Waals surface area contributed by atoms with Crippen LogP contribution in [0.25, 0.3) is 11.6 Å². The number of ether oxygens (including phenoxy) is 2. The second-order valence-corrected chi connectivity index (χ2v) is 5.65. The summed E-state index contributed by atoms with van der Waals surface area (Å²) in [4.78, 5) is 25.6. The molecule has 1 aliphatic heterocycles. The molecule has 0 spiro atoms. The average molecular weight is 338 g/mol. The molecule has 6 heteroatoms. The van der Waals surface area contributed by atoms with Crippen LogP contribution in [0.5, 0.6) is 5.75 Å². The van der Waals surface area contributed by atoms with Crippen molar-refractivity contribution < 1.29 is 19.1 Å². The van der Waals surface area contributed by atoms with E-state index in [-0.39, 0.29) is 18.2 Å². The Hall–Kier alpha value is -1.85. The molecule has 1 aromatic rings. The van der Waals surface area contributed by atoms with E-state index in [1.165, 1.54) is 23.8 Å². The molecule has 1 atom stereocenters. The van der Waals surface area contributed by atoms with Gasteiger partial charge in [-0.15, -0.1) is 12.4 Å². The van der Waals surface area contributed by atoms with Crippen LogP contribution in [-0.4, -0.2) is 50.5 Å². The van der Waals surface area contributed by atoms with Crippen molar-refractivity contribution >= 4 is 35.8 Å². The lowest BCUT2D eigenvalue weighted by Gasteiger charge is -2.33. The van der Waals surface area contributed by atoms with Gasteiger partial charge in [0, 0.05) is 26.1 Å². The first-order chi connectivity index (χ1) is 10.6. The Bertz CT molecular complexity index is 648. The number of esters is 1. The summed E-state index contributed by atoms with van der Waals surface area (Å²) in [5.41, 5.74) is 3.60. The molecule has 1 aromatic carbocycles. The van der Waals surface area contributed by atoms with Crippen LogP contribution in [0.4, 0.5) is 0 Å². The number of piperidine rings is 1. The number of fused-ring (bicyclic) bond motifs is 1. The van der Waals surface area contributed by atoms with Gasteiger partial charge in [0.15, 0.2) is 0 Å². The molecule has 1 aliphatic carbocycles. The van der Waals surface area contributed by atoms with Gasteiger partial charge in [-0.3, -0.25) is 14.5 Å². The monoisotopic (exact) mass is 337 g/mol. The fraction of sp³-hybridized carbons (Fsp3) is 0.412. The van der Waals surface area contributed by atoms with Gasteiger partial charge in [-0.1, -0.05) is 6.07 Å². The van der Waals surface area contributed by atoms with Crippen LogP contribution < -0.4 is 4.74 Å². The van der Waals surface area contributed by atoms with E-state index in [9.17, 15) is 9.59 Å². The summed E-state index contributed by atoms with van der Waals surface area (Å²) in [5.74, 6) is -0.262. The molecule has 0 N–H and O–H groups in total. The van der Waals surface area contributed by atoms with Gasteiger partial charge in [0.25, 0.3) is 0 Å². The van der Waals surface area contributed by atoms with Crippen molar-refractivity contribution in [3.8, 4) is 5.75 Å². The zero-order valence-electron chi connectivity index (χ0n) is 13.2. The van der Waals surface area contributed by atoms with Crippen LogP contribution >= 0.6 is 12.4 Å². The number of carbonyl (C=O) groups excluding carboxylic acids is 2. The number of rotatable bonds is 4. The Labute approximate surface area is 141 Å². The summed E-state index contributed by atoms with van der Waals surface area (Å²) in [5, 5.41) is 0. The summed E-state index contributed by atoms with van der Waals surface area (Å²) in [6.45, 7) is 1.85. The van der Waals surface area contributed by atoms with Gasteiger partial charge in [-0.25, -0.2) is 0 Å². The fourth-order valence-corrected chi connectivity index (χ4v) is 3.01. The quantitative estimate of drug-likeness (QED) is 0.621. The smallest absolute Gasteiger partial charge is 0.317 e. The number of halogens is 1. The molecule has 124 valence electrons. The first-order valence-electron chi connectivity index (χ1n) is 7.34. The molecule has 0 bridgehead atoms. The molecule has 2 aliphatic rings. The molecule has 1 heterocycles. The van der Waals surface area contributed by atoms with Gasteiger partial charge in [0.05, 0.1) is 14.2 Å². The highest BCUT2D eigenvalue weighted by Crippen LogP contribution is 2.36. The number of carbonyl (C=O) groups is 2. The van der Waals surface area contributed by atoms with Gasteiger partial charge in [0.1, 0.15) is 17.5 Å². The molecule has 0 aromatic heterocycles. The number of nitrogens with zero attached hydrogens (tertiary/aromatic N) is 1. The minimum absolute atomic E-state index is 0. The van der Waals surface area contributed by atoms with E-state index in [0.29, 0.717) is 19.5 Å². The predicted octanol–water partition coefficient (Wildman–Crippen LogP) is 2.04. The maximum absolute atomic E-state index is 11.8. The van der Waals surface area contributed by atoms with E-state index >= 15 is 0 Å². The predicted molar refractivity (Wildman–Crippen MR) is 89.7 cm³/mol. The largest absolute Gasteiger partial charge is 0.497 e. The molecule has 0 radical (unpaired) electrons. The fourth-order valence-electron chi connectivity index (χ4n) is 3.01. The van der Waals surface area contributed by atoms with Crippen molar-refractivity contribution in [2.75, 3.05) is 33.9 Å². The third kappa shape index (κ3) is 3.41. The van der Waals surface area contributed by atoms with Crippen LogP contribution in [0.2, 0.25) is 0 Å². The van der Waals surface area contributed by atoms with E-state index in [1.807, 2.05) is 18.2 Å². The number of ketones is 1. The molecule has 3 rings (SSSR count). The van der Waals surface area contributed by atoms with Crippen molar-refractivity contribution in [2.45, 2.75) is 6.42 Å². The lowest BCUT2D eigenvalue weighted by Crippen LogP contribution is -2.45. The molecule has 1 fully saturated rings. The molecular formula is C17H20ClNO4. The van der Waals surface area contributed by atoms with Crippen LogP contribution in [-0.2, 0) is 14.3 Å². The van der Waals surface area contributed by atoms with Crippen molar-refractivity contribution in [1.29, 1.82) is 0 Å². The SMILES string of the molecule is COC(=O)C1CN(CC2=Cc3ccc(OC)cc32)CCC1=O.Cl. The Morgan fingerprint density at radius 2 is 2.13 bits per heavy atom. The number of likely N-dealkylation sites (tertiary alicyclic amines) is 1. The summed E-state index contributed by atoms with van der Waals surface area (Å²) in [7, 11) is 2.98. The van der Waals surface area contributed by atoms with Crippen LogP contribution in [0.15, 0.2) is 18.2 Å². The third-order valence-electron chi connectivity index (χ3n) is 4.32. The highest BCUT2D eigenvalue weighted by Gasteiger charge is 2.34. The highest BCUT2D eigenvalue weighted by atomic mass is 35.5. The Morgan fingerprint density at radius 1 is 1.35 bits per heavy atom. The normalized spacial score (nSPS) is 19.8. The van der Waals surface area contributed by atoms with Gasteiger partial charge < -0.3 is 9.47 Å². The molecule has 1 saturated heterocycles. The highest BCUT2D eigenvalue weighted by molar-refractivity contribution is 6.00. The van der Waals surface area contributed by atoms with Crippen LogP contribution in [0.3, 0.4) is 0 Å². The second-order valence-electron chi connectivity index (χ2n) is 5.65. The second kappa shape index (κ2) is 7.15. The molecule has 0 amide bonds. The van der Waals surface area contributed by atoms with Crippen LogP contribution in [0, 0.1) is 5.92 Å². The lowest BCUT2D eigenvalue weighted by atomic mass is 9.87. The van der Waals surface area contributed by atoms with Gasteiger partial charge in [-0.2, -0.15) is 0 Å². The Balaban J connectivity index is 0.00000192. The van der Waals surface area contributed by atoms with Crippen LogP contribution in [0.1, 0.15) is 17.5 Å². The van der Waals surface area contributed by atoms with Crippen molar-refractivity contribution in [2.24, 2.45) is 5.92 Å². The number of Topliss-reactive ketones (excluding diaryl/α,β-unsaturated/α-hetero) is 1. The summed E-state index contributed by atoms with van der Waals surface area (Å²) >= 11 is 0. The summed E-state index contributed by atoms with van der Waals surface area (Å²) in [6, 6.07) is 6.01. The van der Waals surface area contributed by atoms with Crippen molar-refractivity contribution in [3.05, 3.63) is 29.3 Å². The molecule has 23 heavy (non-hydrogen) atoms. The zero-order chi connectivity index (χ0) is 15.7. The molecule has 1 unspecified atom stereocenters. The molecule has 5 nitrogen and oxygen atoms in total. The van der Waals surface area contributed by atoms with E-state index in [2.05, 4.69) is 11.0 Å². The number of hydrogen-bond acceptors (Lipinski definition) is 5. The average Bonchev–Trinajstić information content (AvgIpc) is 2.53. The first-order valence-corrected chi connectivity index (χ1v) is 7.34. The summed E-state index contributed by atoms with van der Waals surface area (Å²) in [6.07, 6.45) is 2.54. The van der Waals surface area contributed by atoms with Crippen molar-refractivity contribution in [1.82, 2.24) is 4.90 Å². The molecule has 0 saturated carbocycles.